The van der Waals surface area contributed by atoms with Crippen LogP contribution in [0.4, 0.5) is 0 Å². The van der Waals surface area contributed by atoms with Gasteiger partial charge in [-0.15, -0.1) is 0 Å². The van der Waals surface area contributed by atoms with Crippen LogP contribution in [0.5, 0.6) is 0 Å². The van der Waals surface area contributed by atoms with E-state index in [0.717, 1.165) is 23.7 Å². The summed E-state index contributed by atoms with van der Waals surface area (Å²) in [6.45, 7) is 3.42. The maximum Gasteiger partial charge on any atom is 0.239 e. The summed E-state index contributed by atoms with van der Waals surface area (Å²) < 4.78 is 6.81. The lowest BCUT2D eigenvalue weighted by Gasteiger charge is -2.07. The Hall–Kier alpha value is -2.14. The number of benzene rings is 1. The van der Waals surface area contributed by atoms with E-state index in [2.05, 4.69) is 5.32 Å². The number of hydrogen-bond acceptors (Lipinski definition) is 3. The molecule has 0 atom stereocenters. The molecule has 124 valence electrons. The van der Waals surface area contributed by atoms with Gasteiger partial charge in [0.2, 0.25) is 5.91 Å². The first kappa shape index (κ1) is 17.2. The number of hydrogen-bond donors (Lipinski definition) is 1. The number of rotatable bonds is 9. The number of Topliss-reactive ketones (excluding diaryl/α,β-unsaturated/α-hetero) is 1. The van der Waals surface area contributed by atoms with Crippen LogP contribution >= 0.6 is 0 Å². The van der Waals surface area contributed by atoms with Crippen molar-refractivity contribution in [2.75, 3.05) is 20.3 Å². The maximum atomic E-state index is 12.3. The standard InChI is InChI=1S/C18H24N2O3/c1-3-7-17(21)15-12-20(16-9-5-4-8-14(15)16)13-18(22)19-10-6-11-23-2/h4-5,8-9,12H,3,6-7,10-11,13H2,1-2H3,(H,19,22). The summed E-state index contributed by atoms with van der Waals surface area (Å²) in [6, 6.07) is 7.71. The molecule has 0 saturated heterocycles. The lowest BCUT2D eigenvalue weighted by Crippen LogP contribution is -2.28. The van der Waals surface area contributed by atoms with E-state index < -0.39 is 0 Å². The fourth-order valence-electron chi connectivity index (χ4n) is 2.62. The lowest BCUT2D eigenvalue weighted by molar-refractivity contribution is -0.121. The Morgan fingerprint density at radius 2 is 2.04 bits per heavy atom. The van der Waals surface area contributed by atoms with Crippen LogP contribution in [0.3, 0.4) is 0 Å². The number of amides is 1. The number of nitrogens with one attached hydrogen (secondary N) is 1. The second kappa shape index (κ2) is 8.48. The Balaban J connectivity index is 2.14. The number of para-hydroxylation sites is 1. The summed E-state index contributed by atoms with van der Waals surface area (Å²) in [4.78, 5) is 24.3. The number of aromatic nitrogens is 1. The molecule has 2 aromatic rings. The van der Waals surface area contributed by atoms with Crippen molar-refractivity contribution in [1.82, 2.24) is 9.88 Å². The van der Waals surface area contributed by atoms with E-state index >= 15 is 0 Å². The van der Waals surface area contributed by atoms with Crippen LogP contribution < -0.4 is 5.32 Å². The molecule has 1 aromatic heterocycles. The molecule has 0 bridgehead atoms. The van der Waals surface area contributed by atoms with Gasteiger partial charge in [-0.1, -0.05) is 25.1 Å². The van der Waals surface area contributed by atoms with Gasteiger partial charge in [-0.3, -0.25) is 9.59 Å². The molecule has 0 aliphatic carbocycles. The first-order valence-electron chi connectivity index (χ1n) is 8.04. The number of carbonyl (C=O) groups is 2. The second-order valence-corrected chi connectivity index (χ2v) is 5.56. The average molecular weight is 316 g/mol. The van der Waals surface area contributed by atoms with Gasteiger partial charge in [0.05, 0.1) is 0 Å². The van der Waals surface area contributed by atoms with Crippen LogP contribution in [0, 0.1) is 0 Å². The van der Waals surface area contributed by atoms with Gasteiger partial charge in [0.15, 0.2) is 5.78 Å². The van der Waals surface area contributed by atoms with E-state index in [9.17, 15) is 9.59 Å². The Kier molecular flexibility index (Phi) is 6.35. The van der Waals surface area contributed by atoms with E-state index in [1.54, 1.807) is 13.3 Å². The molecule has 5 heteroatoms. The van der Waals surface area contributed by atoms with E-state index in [-0.39, 0.29) is 18.2 Å². The van der Waals surface area contributed by atoms with Crippen molar-refractivity contribution in [1.29, 1.82) is 0 Å². The zero-order chi connectivity index (χ0) is 16.7. The van der Waals surface area contributed by atoms with Crippen LogP contribution in [-0.4, -0.2) is 36.5 Å². The van der Waals surface area contributed by atoms with Crippen molar-refractivity contribution in [3.05, 3.63) is 36.0 Å². The highest BCUT2D eigenvalue weighted by molar-refractivity contribution is 6.08. The summed E-state index contributed by atoms with van der Waals surface area (Å²) in [5, 5.41) is 3.78. The molecule has 0 aliphatic rings. The normalized spacial score (nSPS) is 10.9. The van der Waals surface area contributed by atoms with Crippen LogP contribution in [0.1, 0.15) is 36.5 Å². The molecule has 0 radical (unpaired) electrons. The lowest BCUT2D eigenvalue weighted by atomic mass is 10.1. The maximum absolute atomic E-state index is 12.3. The molecule has 0 fully saturated rings. The van der Waals surface area contributed by atoms with Gasteiger partial charge in [-0.25, -0.2) is 0 Å². The zero-order valence-electron chi connectivity index (χ0n) is 13.8. The topological polar surface area (TPSA) is 60.3 Å². The van der Waals surface area contributed by atoms with Gasteiger partial charge in [0.1, 0.15) is 6.54 Å². The molecular weight excluding hydrogens is 292 g/mol. The minimum atomic E-state index is -0.0589. The van der Waals surface area contributed by atoms with Crippen molar-refractivity contribution < 1.29 is 14.3 Å². The predicted octanol–water partition coefficient (Wildman–Crippen LogP) is 2.78. The molecule has 23 heavy (non-hydrogen) atoms. The van der Waals surface area contributed by atoms with Crippen molar-refractivity contribution in [3.63, 3.8) is 0 Å². The molecule has 1 heterocycles. The molecule has 5 nitrogen and oxygen atoms in total. The van der Waals surface area contributed by atoms with Crippen LogP contribution in [0.15, 0.2) is 30.5 Å². The van der Waals surface area contributed by atoms with Gasteiger partial charge >= 0.3 is 0 Å². The van der Waals surface area contributed by atoms with Gasteiger partial charge in [-0.05, 0) is 18.9 Å². The quantitative estimate of drug-likeness (QED) is 0.571. The summed E-state index contributed by atoms with van der Waals surface area (Å²) >= 11 is 0. The summed E-state index contributed by atoms with van der Waals surface area (Å²) in [5.41, 5.74) is 1.62. The van der Waals surface area contributed by atoms with Gasteiger partial charge < -0.3 is 14.6 Å². The molecular formula is C18H24N2O3. The molecule has 0 spiro atoms. The van der Waals surface area contributed by atoms with Gasteiger partial charge in [0.25, 0.3) is 0 Å². The fraction of sp³-hybridized carbons (Fsp3) is 0.444. The summed E-state index contributed by atoms with van der Waals surface area (Å²) in [7, 11) is 1.64. The predicted molar refractivity (Wildman–Crippen MR) is 90.7 cm³/mol. The first-order chi connectivity index (χ1) is 11.2. The highest BCUT2D eigenvalue weighted by atomic mass is 16.5. The smallest absolute Gasteiger partial charge is 0.239 e. The van der Waals surface area contributed by atoms with Crippen molar-refractivity contribution in [2.24, 2.45) is 0 Å². The minimum absolute atomic E-state index is 0.0589. The highest BCUT2D eigenvalue weighted by Crippen LogP contribution is 2.23. The fourth-order valence-corrected chi connectivity index (χ4v) is 2.62. The van der Waals surface area contributed by atoms with E-state index in [1.807, 2.05) is 35.8 Å². The number of ether oxygens (including phenoxy) is 1. The number of ketones is 1. The van der Waals surface area contributed by atoms with Crippen LogP contribution in [0.2, 0.25) is 0 Å². The molecule has 1 aromatic carbocycles. The molecule has 1 amide bonds. The highest BCUT2D eigenvalue weighted by Gasteiger charge is 2.15. The molecule has 0 unspecified atom stereocenters. The van der Waals surface area contributed by atoms with Crippen LogP contribution in [-0.2, 0) is 16.1 Å². The van der Waals surface area contributed by atoms with Crippen molar-refractivity contribution in [2.45, 2.75) is 32.7 Å². The number of fused-ring (bicyclic) bond motifs is 1. The van der Waals surface area contributed by atoms with Gasteiger partial charge in [0, 0.05) is 49.3 Å². The Bertz CT molecular complexity index is 676. The summed E-state index contributed by atoms with van der Waals surface area (Å²) in [6.07, 6.45) is 3.93. The van der Waals surface area contributed by atoms with Crippen molar-refractivity contribution >= 4 is 22.6 Å². The first-order valence-corrected chi connectivity index (χ1v) is 8.04. The molecule has 0 saturated carbocycles. The number of nitrogens with zero attached hydrogens (tertiary/aromatic N) is 1. The van der Waals surface area contributed by atoms with Crippen LogP contribution in [0.25, 0.3) is 10.9 Å². The zero-order valence-corrected chi connectivity index (χ0v) is 13.8. The Morgan fingerprint density at radius 3 is 2.78 bits per heavy atom. The Morgan fingerprint density at radius 1 is 1.26 bits per heavy atom. The third-order valence-corrected chi connectivity index (χ3v) is 3.73. The van der Waals surface area contributed by atoms with Crippen molar-refractivity contribution in [3.8, 4) is 0 Å². The van der Waals surface area contributed by atoms with Gasteiger partial charge in [-0.2, -0.15) is 0 Å². The SMILES string of the molecule is CCCC(=O)c1cn(CC(=O)NCCCOC)c2ccccc12. The van der Waals surface area contributed by atoms with E-state index in [0.29, 0.717) is 25.1 Å². The summed E-state index contributed by atoms with van der Waals surface area (Å²) in [5.74, 6) is 0.0688. The molecule has 0 aliphatic heterocycles. The molecule has 1 N–H and O–H groups in total. The molecule has 2 rings (SSSR count). The largest absolute Gasteiger partial charge is 0.385 e. The second-order valence-electron chi connectivity index (χ2n) is 5.56. The third kappa shape index (κ3) is 4.42. The minimum Gasteiger partial charge on any atom is -0.385 e. The Labute approximate surface area is 136 Å². The number of methoxy groups -OCH3 is 1. The third-order valence-electron chi connectivity index (χ3n) is 3.73. The number of carbonyl (C=O) groups excluding carboxylic acids is 2. The monoisotopic (exact) mass is 316 g/mol. The van der Waals surface area contributed by atoms with E-state index in [4.69, 9.17) is 4.74 Å². The average Bonchev–Trinajstić information content (AvgIpc) is 2.91. The van der Waals surface area contributed by atoms with E-state index in [1.165, 1.54) is 0 Å².